The van der Waals surface area contributed by atoms with Gasteiger partial charge in [-0.15, -0.1) is 0 Å². The van der Waals surface area contributed by atoms with Gasteiger partial charge in [-0.2, -0.15) is 0 Å². The summed E-state index contributed by atoms with van der Waals surface area (Å²) in [7, 11) is 1.71. The molecule has 4 nitrogen and oxygen atoms in total. The van der Waals surface area contributed by atoms with Gasteiger partial charge in [0.1, 0.15) is 5.75 Å². The van der Waals surface area contributed by atoms with Crippen molar-refractivity contribution in [1.29, 1.82) is 0 Å². The largest absolute Gasteiger partial charge is 0.495 e. The number of nitrogens with zero attached hydrogens (tertiary/aromatic N) is 2. The van der Waals surface area contributed by atoms with E-state index in [0.29, 0.717) is 6.54 Å². The molecule has 2 aromatic carbocycles. The number of carbonyl (C=O) groups is 1. The number of hydrogen-bond acceptors (Lipinski definition) is 4. The van der Waals surface area contributed by atoms with Gasteiger partial charge in [-0.3, -0.25) is 9.69 Å². The number of anilines is 1. The van der Waals surface area contributed by atoms with Gasteiger partial charge in [-0.1, -0.05) is 35.9 Å². The second kappa shape index (κ2) is 7.70. The van der Waals surface area contributed by atoms with E-state index < -0.39 is 0 Å². The predicted molar refractivity (Wildman–Crippen MR) is 102 cm³/mol. The highest BCUT2D eigenvalue weighted by atomic mass is 16.5. The van der Waals surface area contributed by atoms with Crippen LogP contribution in [0.2, 0.25) is 0 Å². The predicted octanol–water partition coefficient (Wildman–Crippen LogP) is 3.32. The first-order valence-corrected chi connectivity index (χ1v) is 8.79. The monoisotopic (exact) mass is 338 g/mol. The Morgan fingerprint density at radius 1 is 1.04 bits per heavy atom. The average molecular weight is 338 g/mol. The lowest BCUT2D eigenvalue weighted by Gasteiger charge is -2.36. The average Bonchev–Trinajstić information content (AvgIpc) is 2.62. The van der Waals surface area contributed by atoms with Crippen LogP contribution in [0.3, 0.4) is 0 Å². The van der Waals surface area contributed by atoms with Crippen molar-refractivity contribution < 1.29 is 9.53 Å². The van der Waals surface area contributed by atoms with Gasteiger partial charge in [0.2, 0.25) is 0 Å². The number of methoxy groups -OCH3 is 1. The van der Waals surface area contributed by atoms with E-state index in [-0.39, 0.29) is 5.78 Å². The lowest BCUT2D eigenvalue weighted by Crippen LogP contribution is -2.48. The Morgan fingerprint density at radius 2 is 1.76 bits per heavy atom. The molecule has 1 fully saturated rings. The molecule has 0 atom stereocenters. The van der Waals surface area contributed by atoms with Gasteiger partial charge >= 0.3 is 0 Å². The molecule has 0 bridgehead atoms. The van der Waals surface area contributed by atoms with E-state index in [0.717, 1.165) is 48.7 Å². The Balaban J connectivity index is 1.60. The fraction of sp³-hybridized carbons (Fsp3) is 0.381. The SMILES string of the molecule is COc1ccccc1N1CCN(CC(=O)c2ccc(C)cc2C)CC1. The summed E-state index contributed by atoms with van der Waals surface area (Å²) in [6, 6.07) is 14.2. The molecule has 1 saturated heterocycles. The molecule has 0 aromatic heterocycles. The van der Waals surface area contributed by atoms with E-state index >= 15 is 0 Å². The molecular weight excluding hydrogens is 312 g/mol. The summed E-state index contributed by atoms with van der Waals surface area (Å²) < 4.78 is 5.46. The van der Waals surface area contributed by atoms with Crippen molar-refractivity contribution in [2.45, 2.75) is 13.8 Å². The van der Waals surface area contributed by atoms with E-state index in [4.69, 9.17) is 4.74 Å². The van der Waals surface area contributed by atoms with Crippen LogP contribution in [0, 0.1) is 13.8 Å². The highest BCUT2D eigenvalue weighted by Crippen LogP contribution is 2.28. The van der Waals surface area contributed by atoms with Crippen LogP contribution in [-0.2, 0) is 0 Å². The maximum atomic E-state index is 12.6. The molecule has 0 spiro atoms. The highest BCUT2D eigenvalue weighted by molar-refractivity contribution is 5.99. The molecule has 0 amide bonds. The fourth-order valence-corrected chi connectivity index (χ4v) is 3.45. The number of piperazine rings is 1. The summed E-state index contributed by atoms with van der Waals surface area (Å²) in [5.74, 6) is 1.12. The van der Waals surface area contributed by atoms with Crippen LogP contribution in [0.15, 0.2) is 42.5 Å². The fourth-order valence-electron chi connectivity index (χ4n) is 3.45. The molecule has 132 valence electrons. The second-order valence-corrected chi connectivity index (χ2v) is 6.68. The van der Waals surface area contributed by atoms with Crippen molar-refractivity contribution in [2.75, 3.05) is 44.7 Å². The van der Waals surface area contributed by atoms with Crippen LogP contribution in [0.25, 0.3) is 0 Å². The summed E-state index contributed by atoms with van der Waals surface area (Å²) in [5, 5.41) is 0. The van der Waals surface area contributed by atoms with Gasteiger partial charge in [-0.25, -0.2) is 0 Å². The number of aryl methyl sites for hydroxylation is 2. The Labute approximate surface area is 150 Å². The minimum atomic E-state index is 0.211. The minimum absolute atomic E-state index is 0.211. The molecule has 0 aliphatic carbocycles. The van der Waals surface area contributed by atoms with Crippen LogP contribution in [0.1, 0.15) is 21.5 Å². The summed E-state index contributed by atoms with van der Waals surface area (Å²) in [5.41, 5.74) is 4.24. The van der Waals surface area contributed by atoms with E-state index in [9.17, 15) is 4.79 Å². The quantitative estimate of drug-likeness (QED) is 0.783. The maximum absolute atomic E-state index is 12.6. The number of Topliss-reactive ketones (excluding diaryl/α,β-unsaturated/α-hetero) is 1. The topological polar surface area (TPSA) is 32.8 Å². The molecule has 1 heterocycles. The standard InChI is InChI=1S/C21H26N2O2/c1-16-8-9-18(17(2)14-16)20(24)15-22-10-12-23(13-11-22)19-6-4-5-7-21(19)25-3/h4-9,14H,10-13,15H2,1-3H3. The number of benzene rings is 2. The summed E-state index contributed by atoms with van der Waals surface area (Å²) in [6.07, 6.45) is 0. The van der Waals surface area contributed by atoms with E-state index in [1.165, 1.54) is 5.56 Å². The summed E-state index contributed by atoms with van der Waals surface area (Å²) >= 11 is 0. The molecular formula is C21H26N2O2. The van der Waals surface area contributed by atoms with E-state index in [1.807, 2.05) is 37.3 Å². The first-order valence-electron chi connectivity index (χ1n) is 8.79. The van der Waals surface area contributed by atoms with Crippen LogP contribution in [0.5, 0.6) is 5.75 Å². The van der Waals surface area contributed by atoms with Crippen molar-refractivity contribution in [3.8, 4) is 5.75 Å². The molecule has 0 radical (unpaired) electrons. The number of ether oxygens (including phenoxy) is 1. The zero-order valence-corrected chi connectivity index (χ0v) is 15.3. The Hall–Kier alpha value is -2.33. The number of rotatable bonds is 5. The maximum Gasteiger partial charge on any atom is 0.177 e. The molecule has 1 aliphatic heterocycles. The van der Waals surface area contributed by atoms with Crippen LogP contribution in [0.4, 0.5) is 5.69 Å². The van der Waals surface area contributed by atoms with Crippen LogP contribution >= 0.6 is 0 Å². The van der Waals surface area contributed by atoms with Crippen molar-refractivity contribution in [3.63, 3.8) is 0 Å². The molecule has 0 saturated carbocycles. The molecule has 2 aromatic rings. The summed E-state index contributed by atoms with van der Waals surface area (Å²) in [4.78, 5) is 17.2. The van der Waals surface area contributed by atoms with Crippen LogP contribution < -0.4 is 9.64 Å². The van der Waals surface area contributed by atoms with Crippen molar-refractivity contribution in [3.05, 3.63) is 59.2 Å². The molecule has 25 heavy (non-hydrogen) atoms. The first-order chi connectivity index (χ1) is 12.1. The molecule has 0 unspecified atom stereocenters. The number of ketones is 1. The normalized spacial score (nSPS) is 15.2. The van der Waals surface area contributed by atoms with Gasteiger partial charge in [0.15, 0.2) is 5.78 Å². The molecule has 0 N–H and O–H groups in total. The van der Waals surface area contributed by atoms with Gasteiger partial charge in [0.25, 0.3) is 0 Å². The lowest BCUT2D eigenvalue weighted by atomic mass is 10.0. The van der Waals surface area contributed by atoms with Gasteiger partial charge in [0, 0.05) is 31.7 Å². The Morgan fingerprint density at radius 3 is 2.44 bits per heavy atom. The van der Waals surface area contributed by atoms with Crippen molar-refractivity contribution in [1.82, 2.24) is 4.90 Å². The minimum Gasteiger partial charge on any atom is -0.495 e. The smallest absolute Gasteiger partial charge is 0.177 e. The zero-order chi connectivity index (χ0) is 17.8. The third kappa shape index (κ3) is 4.02. The highest BCUT2D eigenvalue weighted by Gasteiger charge is 2.22. The number of hydrogen-bond donors (Lipinski definition) is 0. The zero-order valence-electron chi connectivity index (χ0n) is 15.3. The summed E-state index contributed by atoms with van der Waals surface area (Å²) in [6.45, 7) is 8.13. The van der Waals surface area contributed by atoms with Gasteiger partial charge < -0.3 is 9.64 Å². The van der Waals surface area contributed by atoms with E-state index in [2.05, 4.69) is 28.9 Å². The first kappa shape index (κ1) is 17.5. The number of para-hydroxylation sites is 2. The third-order valence-electron chi connectivity index (χ3n) is 4.85. The Kier molecular flexibility index (Phi) is 5.39. The molecule has 4 heteroatoms. The molecule has 3 rings (SSSR count). The lowest BCUT2D eigenvalue weighted by molar-refractivity contribution is 0.0925. The Bertz CT molecular complexity index is 749. The van der Waals surface area contributed by atoms with Crippen molar-refractivity contribution in [2.24, 2.45) is 0 Å². The van der Waals surface area contributed by atoms with Crippen molar-refractivity contribution >= 4 is 11.5 Å². The third-order valence-corrected chi connectivity index (χ3v) is 4.85. The number of carbonyl (C=O) groups excluding carboxylic acids is 1. The van der Waals surface area contributed by atoms with Gasteiger partial charge in [0.05, 0.1) is 19.3 Å². The van der Waals surface area contributed by atoms with Gasteiger partial charge in [-0.05, 0) is 31.5 Å². The van der Waals surface area contributed by atoms with E-state index in [1.54, 1.807) is 7.11 Å². The van der Waals surface area contributed by atoms with Crippen LogP contribution in [-0.4, -0.2) is 50.5 Å². The molecule has 1 aliphatic rings. The second-order valence-electron chi connectivity index (χ2n) is 6.68.